The van der Waals surface area contributed by atoms with Gasteiger partial charge in [0.1, 0.15) is 12.4 Å². The summed E-state index contributed by atoms with van der Waals surface area (Å²) in [6, 6.07) is 11.0. The molecular formula is C20H19F2N3O4S. The number of urea groups is 1. The fourth-order valence-electron chi connectivity index (χ4n) is 2.51. The maximum Gasteiger partial charge on any atom is 0.387 e. The molecule has 30 heavy (non-hydrogen) atoms. The standard InChI is InChI=1S/C20H19F2N3O4S/c1-27-17-6-5-13(7-18(17)29-19(21)22)9-23-20(26)25-14-3-2-4-16(8-14)28-10-15-11-30-12-24-15/h2-8,11-12,19H,9-10H2,1H3,(H2,23,25,26). The highest BCUT2D eigenvalue weighted by molar-refractivity contribution is 7.07. The Balaban J connectivity index is 1.54. The summed E-state index contributed by atoms with van der Waals surface area (Å²) in [6.45, 7) is -2.54. The number of aromatic nitrogens is 1. The first-order chi connectivity index (χ1) is 14.5. The van der Waals surface area contributed by atoms with Gasteiger partial charge in [-0.05, 0) is 29.8 Å². The summed E-state index contributed by atoms with van der Waals surface area (Å²) >= 11 is 1.49. The Morgan fingerprint density at radius 2 is 2.07 bits per heavy atom. The molecule has 2 aromatic carbocycles. The van der Waals surface area contributed by atoms with Crippen LogP contribution in [0.25, 0.3) is 0 Å². The highest BCUT2D eigenvalue weighted by Gasteiger charge is 2.12. The van der Waals surface area contributed by atoms with Crippen LogP contribution in [0.4, 0.5) is 19.3 Å². The topological polar surface area (TPSA) is 81.7 Å². The molecule has 3 aromatic rings. The number of nitrogens with one attached hydrogen (secondary N) is 2. The zero-order valence-corrected chi connectivity index (χ0v) is 16.7. The number of anilines is 1. The van der Waals surface area contributed by atoms with Gasteiger partial charge in [0.15, 0.2) is 11.5 Å². The highest BCUT2D eigenvalue weighted by Crippen LogP contribution is 2.29. The van der Waals surface area contributed by atoms with Crippen molar-refractivity contribution in [1.29, 1.82) is 0 Å². The predicted molar refractivity (Wildman–Crippen MR) is 108 cm³/mol. The van der Waals surface area contributed by atoms with Gasteiger partial charge in [-0.15, -0.1) is 11.3 Å². The molecular weight excluding hydrogens is 416 g/mol. The van der Waals surface area contributed by atoms with Crippen LogP contribution < -0.4 is 24.8 Å². The molecule has 0 spiro atoms. The van der Waals surface area contributed by atoms with Gasteiger partial charge in [0.05, 0.1) is 18.3 Å². The van der Waals surface area contributed by atoms with Gasteiger partial charge in [-0.3, -0.25) is 0 Å². The highest BCUT2D eigenvalue weighted by atomic mass is 32.1. The molecule has 158 valence electrons. The molecule has 0 saturated heterocycles. The fraction of sp³-hybridized carbons (Fsp3) is 0.200. The molecule has 0 unspecified atom stereocenters. The van der Waals surface area contributed by atoms with Gasteiger partial charge < -0.3 is 24.8 Å². The average Bonchev–Trinajstić information content (AvgIpc) is 3.24. The molecule has 2 amide bonds. The lowest BCUT2D eigenvalue weighted by molar-refractivity contribution is -0.0512. The number of ether oxygens (including phenoxy) is 3. The summed E-state index contributed by atoms with van der Waals surface area (Å²) in [6.07, 6.45) is 0. The van der Waals surface area contributed by atoms with Crippen LogP contribution in [0.3, 0.4) is 0 Å². The van der Waals surface area contributed by atoms with Crippen molar-refractivity contribution in [3.8, 4) is 17.2 Å². The van der Waals surface area contributed by atoms with Crippen LogP contribution in [0.15, 0.2) is 53.4 Å². The number of carbonyl (C=O) groups excluding carboxylic acids is 1. The predicted octanol–water partition coefficient (Wildman–Crippen LogP) is 4.65. The summed E-state index contributed by atoms with van der Waals surface area (Å²) in [5.41, 5.74) is 3.67. The quantitative estimate of drug-likeness (QED) is 0.511. The SMILES string of the molecule is COc1ccc(CNC(=O)Nc2cccc(OCc3cscn3)c2)cc1OC(F)F. The zero-order valence-electron chi connectivity index (χ0n) is 15.9. The third kappa shape index (κ3) is 6.31. The monoisotopic (exact) mass is 435 g/mol. The first-order valence-corrected chi connectivity index (χ1v) is 9.74. The number of methoxy groups -OCH3 is 1. The Morgan fingerprint density at radius 3 is 2.80 bits per heavy atom. The number of carbonyl (C=O) groups is 1. The molecule has 0 aliphatic heterocycles. The average molecular weight is 435 g/mol. The van der Waals surface area contributed by atoms with E-state index in [4.69, 9.17) is 9.47 Å². The van der Waals surface area contributed by atoms with E-state index >= 15 is 0 Å². The van der Waals surface area contributed by atoms with E-state index < -0.39 is 12.6 Å². The number of benzene rings is 2. The van der Waals surface area contributed by atoms with E-state index in [-0.39, 0.29) is 18.0 Å². The van der Waals surface area contributed by atoms with Crippen molar-refractivity contribution >= 4 is 23.1 Å². The molecule has 0 saturated carbocycles. The number of amides is 2. The molecule has 0 bridgehead atoms. The number of hydrogen-bond donors (Lipinski definition) is 2. The smallest absolute Gasteiger partial charge is 0.387 e. The van der Waals surface area contributed by atoms with Crippen molar-refractivity contribution in [2.45, 2.75) is 19.8 Å². The van der Waals surface area contributed by atoms with Gasteiger partial charge in [-0.25, -0.2) is 9.78 Å². The molecule has 0 atom stereocenters. The molecule has 2 N–H and O–H groups in total. The summed E-state index contributed by atoms with van der Waals surface area (Å²) in [4.78, 5) is 16.3. The minimum absolute atomic E-state index is 0.0998. The van der Waals surface area contributed by atoms with Crippen LogP contribution in [0.5, 0.6) is 17.2 Å². The molecule has 0 fully saturated rings. The first-order valence-electron chi connectivity index (χ1n) is 8.80. The molecule has 1 aromatic heterocycles. The summed E-state index contributed by atoms with van der Waals surface area (Å²) < 4.78 is 40.1. The summed E-state index contributed by atoms with van der Waals surface area (Å²) in [7, 11) is 1.35. The van der Waals surface area contributed by atoms with Gasteiger partial charge in [0, 0.05) is 23.7 Å². The Bertz CT molecular complexity index is 970. The van der Waals surface area contributed by atoms with Crippen LogP contribution in [0, 0.1) is 0 Å². The van der Waals surface area contributed by atoms with E-state index in [2.05, 4.69) is 20.4 Å². The van der Waals surface area contributed by atoms with Crippen molar-refractivity contribution in [2.75, 3.05) is 12.4 Å². The van der Waals surface area contributed by atoms with E-state index in [0.29, 0.717) is 23.6 Å². The number of rotatable bonds is 9. The molecule has 10 heteroatoms. The Kier molecular flexibility index (Phi) is 7.39. The van der Waals surface area contributed by atoms with Crippen LogP contribution in [-0.2, 0) is 13.2 Å². The zero-order chi connectivity index (χ0) is 21.3. The molecule has 0 aliphatic rings. The third-order valence-corrected chi connectivity index (χ3v) is 4.49. The molecule has 7 nitrogen and oxygen atoms in total. The van der Waals surface area contributed by atoms with Crippen molar-refractivity contribution in [3.63, 3.8) is 0 Å². The number of thiazole rings is 1. The maximum absolute atomic E-state index is 12.5. The van der Waals surface area contributed by atoms with Gasteiger partial charge in [-0.1, -0.05) is 12.1 Å². The van der Waals surface area contributed by atoms with Gasteiger partial charge in [-0.2, -0.15) is 8.78 Å². The number of nitrogens with zero attached hydrogens (tertiary/aromatic N) is 1. The second-order valence-electron chi connectivity index (χ2n) is 5.97. The Morgan fingerprint density at radius 1 is 1.20 bits per heavy atom. The Labute approximate surface area is 175 Å². The Hall–Kier alpha value is -3.40. The maximum atomic E-state index is 12.5. The van der Waals surface area contributed by atoms with Gasteiger partial charge in [0.2, 0.25) is 0 Å². The van der Waals surface area contributed by atoms with Crippen molar-refractivity contribution in [3.05, 3.63) is 64.6 Å². The van der Waals surface area contributed by atoms with Crippen molar-refractivity contribution in [2.24, 2.45) is 0 Å². The second-order valence-corrected chi connectivity index (χ2v) is 6.69. The fourth-order valence-corrected chi connectivity index (χ4v) is 3.05. The van der Waals surface area contributed by atoms with Gasteiger partial charge >= 0.3 is 12.6 Å². The molecule has 3 rings (SSSR count). The van der Waals surface area contributed by atoms with Crippen molar-refractivity contribution < 1.29 is 27.8 Å². The molecule has 0 aliphatic carbocycles. The number of alkyl halides is 2. The molecule has 0 radical (unpaired) electrons. The minimum Gasteiger partial charge on any atom is -0.493 e. The third-order valence-electron chi connectivity index (χ3n) is 3.86. The van der Waals surface area contributed by atoms with E-state index in [1.165, 1.54) is 30.6 Å². The van der Waals surface area contributed by atoms with Crippen molar-refractivity contribution in [1.82, 2.24) is 10.3 Å². The van der Waals surface area contributed by atoms with E-state index in [9.17, 15) is 13.6 Å². The largest absolute Gasteiger partial charge is 0.493 e. The lowest BCUT2D eigenvalue weighted by Crippen LogP contribution is -2.28. The van der Waals surface area contributed by atoms with Crippen LogP contribution >= 0.6 is 11.3 Å². The van der Waals surface area contributed by atoms with E-state index in [1.807, 2.05) is 5.38 Å². The number of hydrogen-bond acceptors (Lipinski definition) is 6. The number of halogens is 2. The summed E-state index contributed by atoms with van der Waals surface area (Å²) in [5, 5.41) is 7.25. The first kappa shape index (κ1) is 21.3. The summed E-state index contributed by atoms with van der Waals surface area (Å²) in [5.74, 6) is 0.667. The van der Waals surface area contributed by atoms with Crippen LogP contribution in [0.1, 0.15) is 11.3 Å². The second kappa shape index (κ2) is 10.4. The van der Waals surface area contributed by atoms with Gasteiger partial charge in [0.25, 0.3) is 0 Å². The van der Waals surface area contributed by atoms with Crippen LogP contribution in [0.2, 0.25) is 0 Å². The van der Waals surface area contributed by atoms with E-state index in [0.717, 1.165) is 5.69 Å². The van der Waals surface area contributed by atoms with E-state index in [1.54, 1.807) is 35.8 Å². The lowest BCUT2D eigenvalue weighted by atomic mass is 10.2. The lowest BCUT2D eigenvalue weighted by Gasteiger charge is -2.13. The molecule has 1 heterocycles. The minimum atomic E-state index is -2.98. The normalized spacial score (nSPS) is 10.5. The van der Waals surface area contributed by atoms with Crippen LogP contribution in [-0.4, -0.2) is 24.7 Å².